The van der Waals surface area contributed by atoms with Crippen LogP contribution in [0.15, 0.2) is 54.9 Å². The Balaban J connectivity index is 1.66. The minimum absolute atomic E-state index is 0.0110. The number of hydrogen-bond donors (Lipinski definition) is 1. The summed E-state index contributed by atoms with van der Waals surface area (Å²) in [4.78, 5) is 35.8. The Hall–Kier alpha value is -4.15. The van der Waals surface area contributed by atoms with E-state index in [1.54, 1.807) is 18.2 Å². The molecule has 4 rings (SSSR count). The first-order valence-corrected chi connectivity index (χ1v) is 10.3. The average molecular weight is 471 g/mol. The Labute approximate surface area is 192 Å². The molecule has 176 valence electrons. The lowest BCUT2D eigenvalue weighted by Gasteiger charge is -2.22. The summed E-state index contributed by atoms with van der Waals surface area (Å²) in [6.45, 7) is 3.37. The molecule has 1 aliphatic heterocycles. The standard InChI is InChI=1S/C23H20F3N5O3/c1-13(2)17-9-16(34-20-10-19(27)28-12-29-20)6-7-18(17)31-21(32)11-30(22(31)33)15-5-3-4-14(8-15)23(24,25)26/h3-10,12-13H,11H2,1-2H3,(H2,27,28,29). The van der Waals surface area contributed by atoms with Gasteiger partial charge in [-0.2, -0.15) is 13.2 Å². The van der Waals surface area contributed by atoms with Gasteiger partial charge in [0.05, 0.1) is 11.3 Å². The second kappa shape index (κ2) is 8.65. The van der Waals surface area contributed by atoms with Crippen LogP contribution in [0, 0.1) is 0 Å². The van der Waals surface area contributed by atoms with Crippen LogP contribution in [0.1, 0.15) is 30.9 Å². The van der Waals surface area contributed by atoms with Gasteiger partial charge in [0.2, 0.25) is 5.88 Å². The van der Waals surface area contributed by atoms with Gasteiger partial charge in [-0.1, -0.05) is 19.9 Å². The summed E-state index contributed by atoms with van der Waals surface area (Å²) in [7, 11) is 0. The molecule has 1 fully saturated rings. The van der Waals surface area contributed by atoms with Crippen LogP contribution in [0.3, 0.4) is 0 Å². The molecular weight excluding hydrogens is 451 g/mol. The number of halogens is 3. The third-order valence-electron chi connectivity index (χ3n) is 5.20. The van der Waals surface area contributed by atoms with Crippen molar-refractivity contribution in [3.8, 4) is 11.6 Å². The van der Waals surface area contributed by atoms with Gasteiger partial charge >= 0.3 is 12.2 Å². The van der Waals surface area contributed by atoms with Crippen molar-refractivity contribution in [3.05, 3.63) is 66.0 Å². The summed E-state index contributed by atoms with van der Waals surface area (Å²) in [5, 5.41) is 0. The molecule has 1 aromatic heterocycles. The Morgan fingerprint density at radius 3 is 2.50 bits per heavy atom. The predicted octanol–water partition coefficient (Wildman–Crippen LogP) is 4.97. The molecule has 1 aliphatic rings. The minimum atomic E-state index is -4.57. The maximum absolute atomic E-state index is 13.2. The second-order valence-electron chi connectivity index (χ2n) is 7.90. The van der Waals surface area contributed by atoms with Crippen molar-refractivity contribution in [2.45, 2.75) is 25.9 Å². The number of alkyl halides is 3. The lowest BCUT2D eigenvalue weighted by Crippen LogP contribution is -2.33. The third kappa shape index (κ3) is 4.49. The van der Waals surface area contributed by atoms with E-state index in [1.807, 2.05) is 13.8 Å². The van der Waals surface area contributed by atoms with E-state index in [0.29, 0.717) is 17.0 Å². The average Bonchev–Trinajstić information content (AvgIpc) is 3.07. The number of benzene rings is 2. The van der Waals surface area contributed by atoms with Gasteiger partial charge in [-0.05, 0) is 47.9 Å². The Bertz CT molecular complexity index is 1260. The van der Waals surface area contributed by atoms with Gasteiger partial charge in [-0.25, -0.2) is 19.7 Å². The second-order valence-corrected chi connectivity index (χ2v) is 7.90. The lowest BCUT2D eigenvalue weighted by molar-refractivity contribution is -0.137. The molecule has 0 atom stereocenters. The van der Waals surface area contributed by atoms with Gasteiger partial charge in [0.1, 0.15) is 24.4 Å². The number of rotatable bonds is 5. The van der Waals surface area contributed by atoms with Crippen LogP contribution < -0.4 is 20.3 Å². The van der Waals surface area contributed by atoms with Gasteiger partial charge in [0.15, 0.2) is 0 Å². The molecule has 0 bridgehead atoms. The summed E-state index contributed by atoms with van der Waals surface area (Å²) >= 11 is 0. The number of amides is 3. The molecule has 8 nitrogen and oxygen atoms in total. The first-order chi connectivity index (χ1) is 16.0. The number of hydrogen-bond acceptors (Lipinski definition) is 6. The molecule has 0 saturated carbocycles. The molecule has 0 spiro atoms. The summed E-state index contributed by atoms with van der Waals surface area (Å²) in [6.07, 6.45) is -3.32. The Morgan fingerprint density at radius 1 is 1.06 bits per heavy atom. The molecular formula is C23H20F3N5O3. The topological polar surface area (TPSA) is 102 Å². The van der Waals surface area contributed by atoms with Crippen molar-refractivity contribution in [3.63, 3.8) is 0 Å². The largest absolute Gasteiger partial charge is 0.439 e. The van der Waals surface area contributed by atoms with E-state index in [2.05, 4.69) is 9.97 Å². The number of ether oxygens (including phenoxy) is 1. The number of carbonyl (C=O) groups is 2. The molecule has 3 aromatic rings. The fraction of sp³-hybridized carbons (Fsp3) is 0.217. The fourth-order valence-electron chi connectivity index (χ4n) is 3.58. The zero-order valence-corrected chi connectivity index (χ0v) is 18.2. The number of urea groups is 1. The predicted molar refractivity (Wildman–Crippen MR) is 119 cm³/mol. The Kier molecular flexibility index (Phi) is 5.86. The number of anilines is 3. The first kappa shape index (κ1) is 23.0. The van der Waals surface area contributed by atoms with Crippen LogP contribution in [-0.2, 0) is 11.0 Å². The van der Waals surface area contributed by atoms with E-state index < -0.39 is 23.7 Å². The van der Waals surface area contributed by atoms with Crippen LogP contribution in [-0.4, -0.2) is 28.5 Å². The maximum atomic E-state index is 13.2. The molecule has 11 heteroatoms. The van der Waals surface area contributed by atoms with Gasteiger partial charge < -0.3 is 10.5 Å². The van der Waals surface area contributed by atoms with Crippen molar-refractivity contribution in [1.29, 1.82) is 0 Å². The molecule has 0 unspecified atom stereocenters. The molecule has 1 saturated heterocycles. The summed E-state index contributed by atoms with van der Waals surface area (Å²) in [6, 6.07) is 9.82. The molecule has 0 radical (unpaired) electrons. The number of nitrogens with two attached hydrogens (primary N) is 1. The summed E-state index contributed by atoms with van der Waals surface area (Å²) in [5.41, 5.74) is 5.69. The van der Waals surface area contributed by atoms with E-state index >= 15 is 0 Å². The highest BCUT2D eigenvalue weighted by atomic mass is 19.4. The van der Waals surface area contributed by atoms with E-state index in [0.717, 1.165) is 21.9 Å². The SMILES string of the molecule is CC(C)c1cc(Oc2cc(N)ncn2)ccc1N1C(=O)CN(c2cccc(C(F)(F)F)c2)C1=O. The minimum Gasteiger partial charge on any atom is -0.439 e. The highest BCUT2D eigenvalue weighted by Gasteiger charge is 2.40. The Morgan fingerprint density at radius 2 is 1.82 bits per heavy atom. The molecule has 3 amide bonds. The van der Waals surface area contributed by atoms with Crippen molar-refractivity contribution in [1.82, 2.24) is 9.97 Å². The van der Waals surface area contributed by atoms with E-state index in [4.69, 9.17) is 10.5 Å². The van der Waals surface area contributed by atoms with Crippen LogP contribution in [0.4, 0.5) is 35.2 Å². The number of nitrogen functional groups attached to an aromatic ring is 1. The van der Waals surface area contributed by atoms with Crippen molar-refractivity contribution >= 4 is 29.1 Å². The smallest absolute Gasteiger partial charge is 0.416 e. The van der Waals surface area contributed by atoms with Crippen LogP contribution >= 0.6 is 0 Å². The van der Waals surface area contributed by atoms with Crippen LogP contribution in [0.25, 0.3) is 0 Å². The molecule has 0 aliphatic carbocycles. The number of aromatic nitrogens is 2. The van der Waals surface area contributed by atoms with Gasteiger partial charge in [-0.15, -0.1) is 0 Å². The van der Waals surface area contributed by atoms with E-state index in [1.165, 1.54) is 24.5 Å². The molecule has 34 heavy (non-hydrogen) atoms. The molecule has 2 N–H and O–H groups in total. The first-order valence-electron chi connectivity index (χ1n) is 10.3. The van der Waals surface area contributed by atoms with E-state index in [-0.39, 0.29) is 29.8 Å². The van der Waals surface area contributed by atoms with Crippen molar-refractivity contribution in [2.24, 2.45) is 0 Å². The van der Waals surface area contributed by atoms with Crippen molar-refractivity contribution in [2.75, 3.05) is 22.1 Å². The highest BCUT2D eigenvalue weighted by molar-refractivity contribution is 6.27. The molecule has 2 aromatic carbocycles. The van der Waals surface area contributed by atoms with Gasteiger partial charge in [0, 0.05) is 11.8 Å². The summed E-state index contributed by atoms with van der Waals surface area (Å²) < 4.78 is 45.1. The number of nitrogens with zero attached hydrogens (tertiary/aromatic N) is 4. The molecule has 2 heterocycles. The monoisotopic (exact) mass is 471 g/mol. The normalized spacial score (nSPS) is 14.3. The summed E-state index contributed by atoms with van der Waals surface area (Å²) in [5.74, 6) is 0.186. The zero-order valence-electron chi connectivity index (χ0n) is 18.2. The van der Waals surface area contributed by atoms with Crippen molar-refractivity contribution < 1.29 is 27.5 Å². The lowest BCUT2D eigenvalue weighted by atomic mass is 10.00. The zero-order chi connectivity index (χ0) is 24.6. The quantitative estimate of drug-likeness (QED) is 0.528. The van der Waals surface area contributed by atoms with E-state index in [9.17, 15) is 22.8 Å². The fourth-order valence-corrected chi connectivity index (χ4v) is 3.58. The third-order valence-corrected chi connectivity index (χ3v) is 5.20. The van der Waals surface area contributed by atoms with Crippen LogP contribution in [0.5, 0.6) is 11.6 Å². The highest BCUT2D eigenvalue weighted by Crippen LogP contribution is 2.37. The van der Waals surface area contributed by atoms with Crippen LogP contribution in [0.2, 0.25) is 0 Å². The number of imide groups is 1. The maximum Gasteiger partial charge on any atom is 0.416 e. The van der Waals surface area contributed by atoms with Gasteiger partial charge in [0.25, 0.3) is 5.91 Å². The van der Waals surface area contributed by atoms with Gasteiger partial charge in [-0.3, -0.25) is 9.69 Å². The number of carbonyl (C=O) groups excluding carboxylic acids is 2.